The Labute approximate surface area is 148 Å². The van der Waals surface area contributed by atoms with Gasteiger partial charge in [0, 0.05) is 0 Å². The van der Waals surface area contributed by atoms with E-state index in [0.717, 1.165) is 17.8 Å². The largest absolute Gasteiger partial charge is 0.0620 e. The van der Waals surface area contributed by atoms with Gasteiger partial charge >= 0.3 is 0 Å². The second kappa shape index (κ2) is 4.07. The zero-order valence-electron chi connectivity index (χ0n) is 14.2. The molecular formula is C25H20. The Morgan fingerprint density at radius 1 is 0.720 bits per heavy atom. The van der Waals surface area contributed by atoms with E-state index in [-0.39, 0.29) is 5.41 Å². The van der Waals surface area contributed by atoms with Gasteiger partial charge in [-0.05, 0) is 76.0 Å². The van der Waals surface area contributed by atoms with Crippen LogP contribution in [-0.4, -0.2) is 0 Å². The van der Waals surface area contributed by atoms with Crippen LogP contribution in [0, 0.1) is 11.8 Å². The molecule has 4 aliphatic carbocycles. The molecule has 0 radical (unpaired) electrons. The molecule has 1 spiro atoms. The highest BCUT2D eigenvalue weighted by Gasteiger charge is 2.64. The van der Waals surface area contributed by atoms with Crippen molar-refractivity contribution in [3.8, 4) is 11.1 Å². The van der Waals surface area contributed by atoms with Crippen LogP contribution in [0.5, 0.6) is 0 Å². The molecule has 0 aliphatic heterocycles. The second-order valence-electron chi connectivity index (χ2n) is 8.45. The third-order valence-corrected chi connectivity index (χ3v) is 7.74. The quantitative estimate of drug-likeness (QED) is 0.500. The van der Waals surface area contributed by atoms with Crippen LogP contribution in [0.4, 0.5) is 0 Å². The van der Waals surface area contributed by atoms with Gasteiger partial charge in [-0.2, -0.15) is 0 Å². The molecule has 0 aromatic heterocycles. The summed E-state index contributed by atoms with van der Waals surface area (Å²) in [6, 6.07) is 25.7. The fourth-order valence-corrected chi connectivity index (χ4v) is 7.24. The lowest BCUT2D eigenvalue weighted by Crippen LogP contribution is -2.40. The van der Waals surface area contributed by atoms with Crippen LogP contribution in [0.1, 0.15) is 46.6 Å². The van der Waals surface area contributed by atoms with Gasteiger partial charge in [-0.15, -0.1) is 0 Å². The van der Waals surface area contributed by atoms with Gasteiger partial charge in [0.15, 0.2) is 0 Å². The van der Waals surface area contributed by atoms with E-state index >= 15 is 0 Å². The van der Waals surface area contributed by atoms with Gasteiger partial charge < -0.3 is 0 Å². The summed E-state index contributed by atoms with van der Waals surface area (Å²) in [6.07, 6.45) is 4.06. The highest BCUT2D eigenvalue weighted by atomic mass is 14.7. The maximum Gasteiger partial charge on any atom is 0.0505 e. The van der Waals surface area contributed by atoms with Crippen LogP contribution in [-0.2, 0) is 11.8 Å². The maximum atomic E-state index is 2.44. The summed E-state index contributed by atoms with van der Waals surface area (Å²) in [6.45, 7) is 0. The van der Waals surface area contributed by atoms with E-state index in [0.29, 0.717) is 0 Å². The molecule has 0 heterocycles. The Morgan fingerprint density at radius 2 is 1.52 bits per heavy atom. The predicted octanol–water partition coefficient (Wildman–Crippen LogP) is 5.68. The Balaban J connectivity index is 1.73. The van der Waals surface area contributed by atoms with Crippen molar-refractivity contribution in [1.29, 1.82) is 0 Å². The molecule has 0 saturated heterocycles. The number of benzene rings is 3. The smallest absolute Gasteiger partial charge is 0.0505 e. The van der Waals surface area contributed by atoms with Gasteiger partial charge in [0.2, 0.25) is 0 Å². The van der Waals surface area contributed by atoms with Crippen molar-refractivity contribution in [2.45, 2.75) is 30.6 Å². The minimum absolute atomic E-state index is 0.128. The van der Waals surface area contributed by atoms with E-state index in [2.05, 4.69) is 66.7 Å². The van der Waals surface area contributed by atoms with Gasteiger partial charge in [-0.25, -0.2) is 0 Å². The average Bonchev–Trinajstić information content (AvgIpc) is 3.31. The normalized spacial score (nSPS) is 32.1. The molecule has 1 fully saturated rings. The zero-order valence-corrected chi connectivity index (χ0v) is 14.2. The minimum Gasteiger partial charge on any atom is -0.0620 e. The lowest BCUT2D eigenvalue weighted by molar-refractivity contribution is 0.270. The Morgan fingerprint density at radius 3 is 2.48 bits per heavy atom. The number of rotatable bonds is 0. The first-order valence-corrected chi connectivity index (χ1v) is 9.72. The Kier molecular flexibility index (Phi) is 2.11. The average molecular weight is 320 g/mol. The van der Waals surface area contributed by atoms with Crippen molar-refractivity contribution in [1.82, 2.24) is 0 Å². The third-order valence-electron chi connectivity index (χ3n) is 7.74. The number of hydrogen-bond acceptors (Lipinski definition) is 0. The van der Waals surface area contributed by atoms with Gasteiger partial charge in [0.1, 0.15) is 0 Å². The molecule has 0 nitrogen and oxygen atoms in total. The van der Waals surface area contributed by atoms with Gasteiger partial charge in [0.05, 0.1) is 5.41 Å². The van der Waals surface area contributed by atoms with E-state index in [4.69, 9.17) is 0 Å². The van der Waals surface area contributed by atoms with Crippen LogP contribution < -0.4 is 0 Å². The van der Waals surface area contributed by atoms with E-state index in [1.54, 1.807) is 27.8 Å². The first-order chi connectivity index (χ1) is 12.4. The van der Waals surface area contributed by atoms with Crippen LogP contribution >= 0.6 is 0 Å². The van der Waals surface area contributed by atoms with Crippen molar-refractivity contribution in [2.24, 2.45) is 11.8 Å². The molecule has 0 bridgehead atoms. The SMILES string of the molecule is c1ccc2c(c1)-c1cccc3c1C21c2ccccc2C2CCC(C3)C21. The lowest BCUT2D eigenvalue weighted by atomic mass is 9.58. The standard InChI is InChI=1S/C25H20/c1-3-10-21-17(7-1)19-9-5-6-15-14-16-12-13-20-18-8-2-4-11-22(18)25(21,23(15)19)24(16)20/h1-11,16,20,24H,12-14H2. The zero-order chi connectivity index (χ0) is 16.2. The van der Waals surface area contributed by atoms with Crippen LogP contribution in [0.2, 0.25) is 0 Å². The van der Waals surface area contributed by atoms with Crippen molar-refractivity contribution in [2.75, 3.05) is 0 Å². The molecule has 120 valence electrons. The molecule has 3 aromatic rings. The molecule has 1 saturated carbocycles. The molecule has 4 aliphatic rings. The first kappa shape index (κ1) is 12.9. The summed E-state index contributed by atoms with van der Waals surface area (Å²) in [5.41, 5.74) is 11.3. The topological polar surface area (TPSA) is 0 Å². The number of fused-ring (bicyclic) bond motifs is 4. The minimum atomic E-state index is 0.128. The van der Waals surface area contributed by atoms with Crippen LogP contribution in [0.15, 0.2) is 66.7 Å². The van der Waals surface area contributed by atoms with Crippen molar-refractivity contribution < 1.29 is 0 Å². The van der Waals surface area contributed by atoms with E-state index in [1.165, 1.54) is 30.4 Å². The summed E-state index contributed by atoms with van der Waals surface area (Å²) in [5, 5.41) is 0. The summed E-state index contributed by atoms with van der Waals surface area (Å²) in [7, 11) is 0. The lowest BCUT2D eigenvalue weighted by Gasteiger charge is -2.43. The first-order valence-electron chi connectivity index (χ1n) is 9.72. The number of hydrogen-bond donors (Lipinski definition) is 0. The Bertz CT molecular complexity index is 1060. The highest BCUT2D eigenvalue weighted by Crippen LogP contribution is 2.71. The molecule has 25 heavy (non-hydrogen) atoms. The fourth-order valence-electron chi connectivity index (χ4n) is 7.24. The summed E-state index contributed by atoms with van der Waals surface area (Å²) in [4.78, 5) is 0. The molecule has 0 heteroatoms. The molecule has 3 aromatic carbocycles. The van der Waals surface area contributed by atoms with E-state index in [9.17, 15) is 0 Å². The van der Waals surface area contributed by atoms with E-state index in [1.807, 2.05) is 0 Å². The van der Waals surface area contributed by atoms with Gasteiger partial charge in [-0.1, -0.05) is 66.7 Å². The summed E-state index contributed by atoms with van der Waals surface area (Å²) >= 11 is 0. The third kappa shape index (κ3) is 1.23. The molecule has 4 unspecified atom stereocenters. The van der Waals surface area contributed by atoms with E-state index < -0.39 is 0 Å². The summed E-state index contributed by atoms with van der Waals surface area (Å²) < 4.78 is 0. The van der Waals surface area contributed by atoms with Crippen molar-refractivity contribution in [3.05, 3.63) is 94.5 Å². The predicted molar refractivity (Wildman–Crippen MR) is 101 cm³/mol. The van der Waals surface area contributed by atoms with Crippen LogP contribution in [0.25, 0.3) is 11.1 Å². The molecule has 0 amide bonds. The monoisotopic (exact) mass is 320 g/mol. The van der Waals surface area contributed by atoms with Crippen molar-refractivity contribution in [3.63, 3.8) is 0 Å². The molecule has 7 rings (SSSR count). The second-order valence-corrected chi connectivity index (χ2v) is 8.45. The molecule has 0 N–H and O–H groups in total. The van der Waals surface area contributed by atoms with Crippen molar-refractivity contribution >= 4 is 0 Å². The van der Waals surface area contributed by atoms with Crippen LogP contribution in [0.3, 0.4) is 0 Å². The molecular weight excluding hydrogens is 300 g/mol. The highest BCUT2D eigenvalue weighted by molar-refractivity contribution is 5.87. The fraction of sp³-hybridized carbons (Fsp3) is 0.280. The van der Waals surface area contributed by atoms with Gasteiger partial charge in [-0.3, -0.25) is 0 Å². The maximum absolute atomic E-state index is 2.44. The molecule has 4 atom stereocenters. The Hall–Kier alpha value is -2.34. The summed E-state index contributed by atoms with van der Waals surface area (Å²) in [5.74, 6) is 2.36. The van der Waals surface area contributed by atoms with Gasteiger partial charge in [0.25, 0.3) is 0 Å².